The van der Waals surface area contributed by atoms with Crippen molar-refractivity contribution in [3.05, 3.63) is 23.5 Å². The molecule has 0 amide bonds. The number of fused-ring (bicyclic) bond motifs is 1. The first-order valence-electron chi connectivity index (χ1n) is 6.94. The third kappa shape index (κ3) is 3.74. The molecule has 2 aliphatic rings. The SMILES string of the molecule is COC(=O)C1=CO[C@H](Br)[C@@H]2C(COC(C)=O)=C[C@H](OC(C)=O)[C@H]12. The predicted octanol–water partition coefficient (Wildman–Crippen LogP) is 1.46. The Labute approximate surface area is 141 Å². The summed E-state index contributed by atoms with van der Waals surface area (Å²) in [5.41, 5.74) is 0.987. The zero-order valence-corrected chi connectivity index (χ0v) is 14.5. The number of esters is 3. The Bertz CT molecular complexity index is 580. The van der Waals surface area contributed by atoms with E-state index in [1.54, 1.807) is 6.08 Å². The summed E-state index contributed by atoms with van der Waals surface area (Å²) in [5, 5.41) is -0.441. The molecule has 0 saturated heterocycles. The van der Waals surface area contributed by atoms with Crippen LogP contribution in [0.25, 0.3) is 0 Å². The van der Waals surface area contributed by atoms with Gasteiger partial charge in [0.05, 0.1) is 18.9 Å². The average Bonchev–Trinajstić information content (AvgIpc) is 2.83. The zero-order chi connectivity index (χ0) is 17.1. The fourth-order valence-electron chi connectivity index (χ4n) is 2.79. The number of hydrogen-bond donors (Lipinski definition) is 0. The van der Waals surface area contributed by atoms with Crippen molar-refractivity contribution < 1.29 is 33.3 Å². The normalized spacial score (nSPS) is 28.7. The maximum Gasteiger partial charge on any atom is 0.337 e. The molecule has 1 heterocycles. The maximum atomic E-state index is 12.0. The van der Waals surface area contributed by atoms with Crippen LogP contribution in [-0.4, -0.2) is 42.7 Å². The van der Waals surface area contributed by atoms with Crippen molar-refractivity contribution >= 4 is 33.8 Å². The van der Waals surface area contributed by atoms with Crippen LogP contribution in [0.1, 0.15) is 13.8 Å². The van der Waals surface area contributed by atoms with Crippen molar-refractivity contribution in [3.8, 4) is 0 Å². The molecule has 8 heteroatoms. The van der Waals surface area contributed by atoms with Crippen LogP contribution in [0.3, 0.4) is 0 Å². The van der Waals surface area contributed by atoms with Gasteiger partial charge < -0.3 is 18.9 Å². The summed E-state index contributed by atoms with van der Waals surface area (Å²) in [6.07, 6.45) is 2.35. The Morgan fingerprint density at radius 2 is 1.91 bits per heavy atom. The van der Waals surface area contributed by atoms with Crippen molar-refractivity contribution in [2.24, 2.45) is 11.8 Å². The van der Waals surface area contributed by atoms with Crippen LogP contribution in [0.5, 0.6) is 0 Å². The molecule has 1 aliphatic carbocycles. The van der Waals surface area contributed by atoms with Crippen molar-refractivity contribution in [1.82, 2.24) is 0 Å². The van der Waals surface area contributed by atoms with Gasteiger partial charge in [-0.15, -0.1) is 0 Å². The van der Waals surface area contributed by atoms with E-state index >= 15 is 0 Å². The van der Waals surface area contributed by atoms with E-state index in [4.69, 9.17) is 18.9 Å². The minimum atomic E-state index is -0.655. The first kappa shape index (κ1) is 17.5. The van der Waals surface area contributed by atoms with Crippen LogP contribution in [-0.2, 0) is 33.3 Å². The Balaban J connectivity index is 2.34. The van der Waals surface area contributed by atoms with E-state index in [1.165, 1.54) is 27.2 Å². The first-order chi connectivity index (χ1) is 10.8. The largest absolute Gasteiger partial charge is 0.486 e. The van der Waals surface area contributed by atoms with Crippen LogP contribution >= 0.6 is 15.9 Å². The highest BCUT2D eigenvalue weighted by Gasteiger charge is 2.49. The van der Waals surface area contributed by atoms with E-state index < -0.39 is 34.9 Å². The van der Waals surface area contributed by atoms with Crippen LogP contribution in [0, 0.1) is 11.8 Å². The predicted molar refractivity (Wildman–Crippen MR) is 81.1 cm³/mol. The number of hydrogen-bond acceptors (Lipinski definition) is 7. The lowest BCUT2D eigenvalue weighted by atomic mass is 9.83. The topological polar surface area (TPSA) is 88.1 Å². The van der Waals surface area contributed by atoms with Gasteiger partial charge in [-0.2, -0.15) is 0 Å². The fourth-order valence-corrected chi connectivity index (χ4v) is 3.57. The molecule has 0 radical (unpaired) electrons. The van der Waals surface area contributed by atoms with E-state index in [2.05, 4.69) is 15.9 Å². The molecule has 0 N–H and O–H groups in total. The number of alkyl halides is 1. The van der Waals surface area contributed by atoms with Gasteiger partial charge in [0.2, 0.25) is 0 Å². The van der Waals surface area contributed by atoms with E-state index in [9.17, 15) is 14.4 Å². The molecule has 4 atom stereocenters. The lowest BCUT2D eigenvalue weighted by molar-refractivity contribution is -0.148. The van der Waals surface area contributed by atoms with Gasteiger partial charge in [-0.1, -0.05) is 0 Å². The molecule has 0 aromatic carbocycles. The minimum Gasteiger partial charge on any atom is -0.486 e. The summed E-state index contributed by atoms with van der Waals surface area (Å²) in [6.45, 7) is 2.63. The second-order valence-electron chi connectivity index (χ2n) is 5.20. The number of halogens is 1. The summed E-state index contributed by atoms with van der Waals surface area (Å²) >= 11 is 3.39. The molecule has 0 unspecified atom stereocenters. The quantitative estimate of drug-likeness (QED) is 0.311. The number of carbonyl (C=O) groups is 3. The minimum absolute atomic E-state index is 0.0359. The summed E-state index contributed by atoms with van der Waals surface area (Å²) in [6, 6.07) is 0. The highest BCUT2D eigenvalue weighted by atomic mass is 79.9. The van der Waals surface area contributed by atoms with E-state index in [1.807, 2.05) is 0 Å². The zero-order valence-electron chi connectivity index (χ0n) is 12.9. The van der Waals surface area contributed by atoms with Gasteiger partial charge in [0.15, 0.2) is 5.01 Å². The highest BCUT2D eigenvalue weighted by molar-refractivity contribution is 9.09. The molecule has 126 valence electrons. The Hall–Kier alpha value is -1.83. The third-order valence-electron chi connectivity index (χ3n) is 3.68. The van der Waals surface area contributed by atoms with Crippen molar-refractivity contribution in [2.75, 3.05) is 13.7 Å². The Morgan fingerprint density at radius 3 is 2.48 bits per heavy atom. The van der Waals surface area contributed by atoms with Crippen molar-refractivity contribution in [2.45, 2.75) is 25.0 Å². The number of rotatable bonds is 4. The van der Waals surface area contributed by atoms with Gasteiger partial charge in [-0.3, -0.25) is 9.59 Å². The van der Waals surface area contributed by atoms with Crippen LogP contribution < -0.4 is 0 Å². The van der Waals surface area contributed by atoms with Gasteiger partial charge in [0.25, 0.3) is 0 Å². The molecule has 23 heavy (non-hydrogen) atoms. The molecule has 0 fully saturated rings. The first-order valence-corrected chi connectivity index (χ1v) is 7.85. The summed E-state index contributed by atoms with van der Waals surface area (Å²) in [7, 11) is 1.27. The van der Waals surface area contributed by atoms with Gasteiger partial charge in [-0.05, 0) is 27.6 Å². The molecular formula is C15H17BrO7. The number of methoxy groups -OCH3 is 1. The smallest absolute Gasteiger partial charge is 0.337 e. The summed E-state index contributed by atoms with van der Waals surface area (Å²) in [4.78, 5) is 34.4. The molecule has 0 aromatic rings. The van der Waals surface area contributed by atoms with Gasteiger partial charge in [0.1, 0.15) is 12.7 Å². The fraction of sp³-hybridized carbons (Fsp3) is 0.533. The average molecular weight is 389 g/mol. The van der Waals surface area contributed by atoms with Gasteiger partial charge in [-0.25, -0.2) is 4.79 Å². The monoisotopic (exact) mass is 388 g/mol. The van der Waals surface area contributed by atoms with Gasteiger partial charge in [0, 0.05) is 25.7 Å². The molecule has 2 rings (SSSR count). The molecule has 0 saturated carbocycles. The van der Waals surface area contributed by atoms with E-state index in [-0.39, 0.29) is 18.1 Å². The van der Waals surface area contributed by atoms with Crippen LogP contribution in [0.15, 0.2) is 23.5 Å². The van der Waals surface area contributed by atoms with Crippen LogP contribution in [0.4, 0.5) is 0 Å². The Kier molecular flexibility index (Phi) is 5.46. The molecular weight excluding hydrogens is 372 g/mol. The van der Waals surface area contributed by atoms with Crippen LogP contribution in [0.2, 0.25) is 0 Å². The number of ether oxygens (including phenoxy) is 4. The molecule has 0 bridgehead atoms. The molecule has 0 spiro atoms. The third-order valence-corrected chi connectivity index (χ3v) is 4.46. The van der Waals surface area contributed by atoms with Crippen molar-refractivity contribution in [3.63, 3.8) is 0 Å². The van der Waals surface area contributed by atoms with E-state index in [0.29, 0.717) is 5.57 Å². The summed E-state index contributed by atoms with van der Waals surface area (Å²) in [5.74, 6) is -2.24. The lowest BCUT2D eigenvalue weighted by Crippen LogP contribution is -2.38. The highest BCUT2D eigenvalue weighted by Crippen LogP contribution is 2.46. The maximum absolute atomic E-state index is 12.0. The standard InChI is InChI=1S/C15H17BrO7/c1-7(17)21-5-9-4-11(23-8(2)18)13-10(15(19)20-3)6-22-14(16)12(9)13/h4,6,11-14H,5H2,1-3H3/t11-,12+,13-,14-/m0/s1. The molecule has 0 aromatic heterocycles. The van der Waals surface area contributed by atoms with Crippen molar-refractivity contribution in [1.29, 1.82) is 0 Å². The second kappa shape index (κ2) is 7.16. The number of carbonyl (C=O) groups excluding carboxylic acids is 3. The Morgan fingerprint density at radius 1 is 1.22 bits per heavy atom. The molecule has 1 aliphatic heterocycles. The molecule has 7 nitrogen and oxygen atoms in total. The summed E-state index contributed by atoms with van der Waals surface area (Å²) < 4.78 is 20.6. The lowest BCUT2D eigenvalue weighted by Gasteiger charge is -2.33. The van der Waals surface area contributed by atoms with Gasteiger partial charge >= 0.3 is 17.9 Å². The van der Waals surface area contributed by atoms with E-state index in [0.717, 1.165) is 0 Å². The second-order valence-corrected chi connectivity index (χ2v) is 6.10.